The fourth-order valence-corrected chi connectivity index (χ4v) is 1.18. The first-order valence-electron chi connectivity index (χ1n) is 7.23. The van der Waals surface area contributed by atoms with Gasteiger partial charge in [0.2, 0.25) is 11.5 Å². The van der Waals surface area contributed by atoms with Crippen molar-refractivity contribution in [3.8, 4) is 0 Å². The summed E-state index contributed by atoms with van der Waals surface area (Å²) >= 11 is 0. The van der Waals surface area contributed by atoms with Crippen LogP contribution in [-0.4, -0.2) is 29.6 Å². The van der Waals surface area contributed by atoms with E-state index < -0.39 is 29.3 Å². The van der Waals surface area contributed by atoms with Gasteiger partial charge < -0.3 is 14.4 Å². The molecule has 0 N–H and O–H groups in total. The van der Waals surface area contributed by atoms with Crippen molar-refractivity contribution in [3.63, 3.8) is 0 Å². The van der Waals surface area contributed by atoms with Gasteiger partial charge in [-0.25, -0.2) is 14.6 Å². The highest BCUT2D eigenvalue weighted by molar-refractivity contribution is 5.85. The highest BCUT2D eigenvalue weighted by atomic mass is 17.3. The third-order valence-corrected chi connectivity index (χ3v) is 2.48. The summed E-state index contributed by atoms with van der Waals surface area (Å²) in [4.78, 5) is 41.1. The Morgan fingerprint density at radius 1 is 1.04 bits per heavy atom. The summed E-state index contributed by atoms with van der Waals surface area (Å²) in [6.45, 7) is 15.3. The van der Waals surface area contributed by atoms with Crippen LogP contribution in [0.4, 0.5) is 4.79 Å². The number of hydrogen-bond acceptors (Lipinski definition) is 8. The van der Waals surface area contributed by atoms with Crippen LogP contribution in [0, 0.1) is 0 Å². The minimum absolute atomic E-state index is 0.174. The Hall–Kier alpha value is -1.80. The predicted molar refractivity (Wildman–Crippen MR) is 79.6 cm³/mol. The van der Waals surface area contributed by atoms with Crippen molar-refractivity contribution in [3.05, 3.63) is 12.3 Å². The molecule has 0 bridgehead atoms. The molecule has 0 spiro atoms. The van der Waals surface area contributed by atoms with Crippen LogP contribution in [0.15, 0.2) is 12.3 Å². The number of ether oxygens (including phenoxy) is 2. The number of carbonyl (C=O) groups is 2. The van der Waals surface area contributed by atoms with E-state index in [0.29, 0.717) is 6.42 Å². The number of carbonyl (C=O) groups excluding carboxylic acids is 2. The lowest BCUT2D eigenvalue weighted by Gasteiger charge is -2.26. The van der Waals surface area contributed by atoms with Gasteiger partial charge in [0.15, 0.2) is 0 Å². The normalized spacial score (nSPS) is 11.8. The molecular formula is C15H26O8. The average Bonchev–Trinajstić information content (AvgIpc) is 2.40. The van der Waals surface area contributed by atoms with E-state index in [0.717, 1.165) is 0 Å². The van der Waals surface area contributed by atoms with Crippen LogP contribution in [0.2, 0.25) is 0 Å². The topological polar surface area (TPSA) is 89.5 Å². The second-order valence-corrected chi connectivity index (χ2v) is 6.08. The van der Waals surface area contributed by atoms with Crippen molar-refractivity contribution in [2.45, 2.75) is 72.4 Å². The molecule has 0 aliphatic rings. The zero-order valence-corrected chi connectivity index (χ0v) is 14.8. The van der Waals surface area contributed by atoms with Crippen LogP contribution in [0.3, 0.4) is 0 Å². The lowest BCUT2D eigenvalue weighted by atomic mass is 10.1. The quantitative estimate of drug-likeness (QED) is 0.167. The second-order valence-electron chi connectivity index (χ2n) is 6.08. The van der Waals surface area contributed by atoms with Gasteiger partial charge in [-0.2, -0.15) is 9.68 Å². The Morgan fingerprint density at radius 3 is 2.09 bits per heavy atom. The van der Waals surface area contributed by atoms with Crippen molar-refractivity contribution in [1.82, 2.24) is 0 Å². The van der Waals surface area contributed by atoms with Crippen molar-refractivity contribution in [2.24, 2.45) is 0 Å². The van der Waals surface area contributed by atoms with Gasteiger partial charge in [0, 0.05) is 13.8 Å². The first-order valence-corrected chi connectivity index (χ1v) is 7.23. The minimum atomic E-state index is -1.24. The number of hydrogen-bond donors (Lipinski definition) is 0. The lowest BCUT2D eigenvalue weighted by Crippen LogP contribution is -2.34. The Morgan fingerprint density at radius 2 is 1.61 bits per heavy atom. The van der Waals surface area contributed by atoms with Crippen LogP contribution in [0.5, 0.6) is 0 Å². The van der Waals surface area contributed by atoms with Crippen LogP contribution in [-0.2, 0) is 33.8 Å². The van der Waals surface area contributed by atoms with Gasteiger partial charge in [0.1, 0.15) is 5.60 Å². The van der Waals surface area contributed by atoms with Crippen molar-refractivity contribution >= 4 is 12.1 Å². The molecule has 0 atom stereocenters. The van der Waals surface area contributed by atoms with Gasteiger partial charge >= 0.3 is 12.1 Å². The zero-order valence-electron chi connectivity index (χ0n) is 14.8. The van der Waals surface area contributed by atoms with Crippen molar-refractivity contribution < 1.29 is 38.6 Å². The zero-order chi connectivity index (χ0) is 18.3. The molecule has 134 valence electrons. The van der Waals surface area contributed by atoms with Gasteiger partial charge in [-0.1, -0.05) is 6.92 Å². The SMILES string of the molecule is C=C(OOC(C)(C)CC)C(=O)OOC(=O)OC(C)(C)OC(C)C. The summed E-state index contributed by atoms with van der Waals surface area (Å²) in [7, 11) is 0. The average molecular weight is 334 g/mol. The van der Waals surface area contributed by atoms with Crippen LogP contribution < -0.4 is 0 Å². The molecule has 0 aliphatic carbocycles. The van der Waals surface area contributed by atoms with E-state index in [2.05, 4.69) is 16.4 Å². The van der Waals surface area contributed by atoms with Crippen molar-refractivity contribution in [1.29, 1.82) is 0 Å². The van der Waals surface area contributed by atoms with Crippen LogP contribution >= 0.6 is 0 Å². The van der Waals surface area contributed by atoms with Gasteiger partial charge in [-0.15, -0.1) is 0 Å². The summed E-state index contributed by atoms with van der Waals surface area (Å²) in [5, 5.41) is 0. The van der Waals surface area contributed by atoms with E-state index in [4.69, 9.17) is 19.2 Å². The molecule has 0 aromatic heterocycles. The van der Waals surface area contributed by atoms with Crippen LogP contribution in [0.25, 0.3) is 0 Å². The lowest BCUT2D eigenvalue weighted by molar-refractivity contribution is -0.332. The third-order valence-electron chi connectivity index (χ3n) is 2.48. The van der Waals surface area contributed by atoms with E-state index in [1.165, 1.54) is 13.8 Å². The minimum Gasteiger partial charge on any atom is -0.400 e. The van der Waals surface area contributed by atoms with Crippen LogP contribution in [0.1, 0.15) is 54.9 Å². The maximum Gasteiger partial charge on any atom is 0.552 e. The summed E-state index contributed by atoms with van der Waals surface area (Å²) in [5.41, 5.74) is -0.610. The van der Waals surface area contributed by atoms with E-state index >= 15 is 0 Å². The summed E-state index contributed by atoms with van der Waals surface area (Å²) in [5.74, 6) is -2.84. The monoisotopic (exact) mass is 334 g/mol. The fraction of sp³-hybridized carbons (Fsp3) is 0.733. The molecule has 0 unspecified atom stereocenters. The van der Waals surface area contributed by atoms with Gasteiger partial charge in [0.25, 0.3) is 0 Å². The Bertz CT molecular complexity index is 425. The maximum atomic E-state index is 11.5. The summed E-state index contributed by atoms with van der Waals surface area (Å²) < 4.78 is 10.2. The largest absolute Gasteiger partial charge is 0.552 e. The van der Waals surface area contributed by atoms with E-state index in [1.807, 2.05) is 6.92 Å². The molecule has 0 radical (unpaired) electrons. The molecule has 0 aliphatic heterocycles. The molecule has 0 saturated heterocycles. The second kappa shape index (κ2) is 8.73. The summed E-state index contributed by atoms with van der Waals surface area (Å²) in [6, 6.07) is 0. The highest BCUT2D eigenvalue weighted by Crippen LogP contribution is 2.17. The molecular weight excluding hydrogens is 308 g/mol. The summed E-state index contributed by atoms with van der Waals surface area (Å²) in [6.07, 6.45) is -0.775. The smallest absolute Gasteiger partial charge is 0.400 e. The van der Waals surface area contributed by atoms with Crippen molar-refractivity contribution in [2.75, 3.05) is 0 Å². The Balaban J connectivity index is 4.23. The molecule has 23 heavy (non-hydrogen) atoms. The maximum absolute atomic E-state index is 11.5. The molecule has 0 aromatic rings. The molecule has 0 heterocycles. The fourth-order valence-electron chi connectivity index (χ4n) is 1.18. The molecule has 8 nitrogen and oxygen atoms in total. The Kier molecular flexibility index (Phi) is 8.05. The standard InChI is InChI=1S/C15H26O8/c1-9-14(5,6)23-20-11(4)12(16)21-22-13(17)19-15(7,8)18-10(2)3/h10H,4,9H2,1-3,5-8H3. The van der Waals surface area contributed by atoms with Gasteiger partial charge in [0.05, 0.1) is 6.10 Å². The molecule has 0 saturated carbocycles. The highest BCUT2D eigenvalue weighted by Gasteiger charge is 2.28. The molecule has 8 heteroatoms. The molecule has 0 rings (SSSR count). The Labute approximate surface area is 136 Å². The molecule has 0 aromatic carbocycles. The molecule has 0 fully saturated rings. The number of rotatable bonds is 8. The first-order chi connectivity index (χ1) is 10.4. The van der Waals surface area contributed by atoms with Gasteiger partial charge in [-0.05, 0) is 40.7 Å². The van der Waals surface area contributed by atoms with Gasteiger partial charge in [-0.3, -0.25) is 0 Å². The van der Waals surface area contributed by atoms with E-state index in [1.54, 1.807) is 27.7 Å². The van der Waals surface area contributed by atoms with E-state index in [-0.39, 0.29) is 6.10 Å². The first kappa shape index (κ1) is 21.2. The van der Waals surface area contributed by atoms with E-state index in [9.17, 15) is 9.59 Å². The third kappa shape index (κ3) is 9.75. The predicted octanol–water partition coefficient (Wildman–Crippen LogP) is 3.41. The molecule has 0 amide bonds.